The molecule has 2 aromatic heterocycles. The number of hydrogen-bond donors (Lipinski definition) is 2. The zero-order valence-corrected chi connectivity index (χ0v) is 16.0. The summed E-state index contributed by atoms with van der Waals surface area (Å²) in [5.74, 6) is 0.951. The largest absolute Gasteiger partial charge is 0.467 e. The van der Waals surface area contributed by atoms with Crippen LogP contribution in [0.1, 0.15) is 47.3 Å². The van der Waals surface area contributed by atoms with E-state index in [0.29, 0.717) is 19.1 Å². The summed E-state index contributed by atoms with van der Waals surface area (Å²) in [5, 5.41) is 2.98. The molecule has 6 nitrogen and oxygen atoms in total. The van der Waals surface area contributed by atoms with Gasteiger partial charge in [-0.2, -0.15) is 0 Å². The molecule has 2 atom stereocenters. The molecule has 2 aromatic rings. The summed E-state index contributed by atoms with van der Waals surface area (Å²) >= 11 is 0. The number of rotatable bonds is 8. The number of aromatic nitrogens is 1. The van der Waals surface area contributed by atoms with Crippen molar-refractivity contribution in [2.24, 2.45) is 0 Å². The number of nitrogens with zero attached hydrogens (tertiary/aromatic N) is 1. The van der Waals surface area contributed by atoms with E-state index in [1.807, 2.05) is 46.0 Å². The van der Waals surface area contributed by atoms with E-state index in [9.17, 15) is 9.59 Å². The van der Waals surface area contributed by atoms with Gasteiger partial charge in [-0.3, -0.25) is 9.59 Å². The average molecular weight is 358 g/mol. The Balaban J connectivity index is 1.69. The summed E-state index contributed by atoms with van der Waals surface area (Å²) in [4.78, 5) is 25.9. The maximum absolute atomic E-state index is 13.0. The van der Waals surface area contributed by atoms with Gasteiger partial charge >= 0.3 is 0 Å². The number of Topliss-reactive ketones (excluding diaryl/α,β-unsaturated/α-hetero) is 1. The number of carbonyl (C=O) groups is 2. The number of furan rings is 1. The number of likely N-dealkylation sites (N-methyl/N-ethyl adjacent to an activating group) is 1. The summed E-state index contributed by atoms with van der Waals surface area (Å²) in [6.07, 6.45) is 3.80. The Hall–Kier alpha value is -2.34. The number of nitrogens with one attached hydrogen (secondary N) is 2. The molecule has 1 aliphatic carbocycles. The SMILES string of the molecule is Cc1cc(C(=O)[C@@H](C)[NH+](C)CC(=O)NC2CC2)c(C)n1Cc1ccco1. The van der Waals surface area contributed by atoms with Crippen molar-refractivity contribution in [3.05, 3.63) is 47.2 Å². The monoisotopic (exact) mass is 358 g/mol. The lowest BCUT2D eigenvalue weighted by Gasteiger charge is -2.20. The summed E-state index contributed by atoms with van der Waals surface area (Å²) in [5.41, 5.74) is 2.69. The van der Waals surface area contributed by atoms with Gasteiger partial charge in [0.25, 0.3) is 5.91 Å². The normalized spacial score (nSPS) is 16.3. The lowest BCUT2D eigenvalue weighted by Crippen LogP contribution is -3.14. The van der Waals surface area contributed by atoms with Crippen LogP contribution in [0, 0.1) is 13.8 Å². The molecular formula is C20H28N3O3+. The van der Waals surface area contributed by atoms with Crippen LogP contribution in [0.15, 0.2) is 28.9 Å². The van der Waals surface area contributed by atoms with Gasteiger partial charge < -0.3 is 19.2 Å². The van der Waals surface area contributed by atoms with Crippen molar-refractivity contribution >= 4 is 11.7 Å². The first-order valence-electron chi connectivity index (χ1n) is 9.21. The van der Waals surface area contributed by atoms with Crippen LogP contribution in [-0.2, 0) is 11.3 Å². The van der Waals surface area contributed by atoms with Gasteiger partial charge in [0.1, 0.15) is 11.8 Å². The first kappa shape index (κ1) is 18.5. The van der Waals surface area contributed by atoms with Crippen molar-refractivity contribution in [1.82, 2.24) is 9.88 Å². The van der Waals surface area contributed by atoms with Crippen molar-refractivity contribution in [3.63, 3.8) is 0 Å². The smallest absolute Gasteiger partial charge is 0.275 e. The molecule has 1 fully saturated rings. The minimum absolute atomic E-state index is 0.0212. The molecule has 0 radical (unpaired) electrons. The summed E-state index contributed by atoms with van der Waals surface area (Å²) in [6, 6.07) is 5.80. The molecule has 2 N–H and O–H groups in total. The Kier molecular flexibility index (Phi) is 5.32. The Morgan fingerprint density at radius 2 is 2.12 bits per heavy atom. The fourth-order valence-electron chi connectivity index (χ4n) is 3.22. The van der Waals surface area contributed by atoms with E-state index in [-0.39, 0.29) is 17.7 Å². The van der Waals surface area contributed by atoms with Crippen LogP contribution in [0.2, 0.25) is 0 Å². The van der Waals surface area contributed by atoms with Crippen LogP contribution in [0.4, 0.5) is 0 Å². The Bertz CT molecular complexity index is 788. The van der Waals surface area contributed by atoms with E-state index in [1.165, 1.54) is 0 Å². The number of carbonyl (C=O) groups excluding carboxylic acids is 2. The quantitative estimate of drug-likeness (QED) is 0.695. The second-order valence-corrected chi connectivity index (χ2v) is 7.40. The first-order valence-corrected chi connectivity index (χ1v) is 9.21. The summed E-state index contributed by atoms with van der Waals surface area (Å²) in [7, 11) is 1.90. The van der Waals surface area contributed by atoms with Crippen molar-refractivity contribution in [3.8, 4) is 0 Å². The van der Waals surface area contributed by atoms with Crippen LogP contribution in [0.5, 0.6) is 0 Å². The van der Waals surface area contributed by atoms with Crippen molar-refractivity contribution in [2.75, 3.05) is 13.6 Å². The lowest BCUT2D eigenvalue weighted by molar-refractivity contribution is -0.885. The van der Waals surface area contributed by atoms with E-state index >= 15 is 0 Å². The molecule has 6 heteroatoms. The molecule has 0 aromatic carbocycles. The van der Waals surface area contributed by atoms with E-state index in [0.717, 1.165) is 40.5 Å². The molecule has 1 unspecified atom stereocenters. The summed E-state index contributed by atoms with van der Waals surface area (Å²) in [6.45, 7) is 6.77. The van der Waals surface area contributed by atoms with E-state index < -0.39 is 0 Å². The van der Waals surface area contributed by atoms with Gasteiger partial charge in [-0.25, -0.2) is 0 Å². The molecule has 2 heterocycles. The molecule has 3 rings (SSSR count). The molecule has 0 spiro atoms. The van der Waals surface area contributed by atoms with Gasteiger partial charge in [0.2, 0.25) is 5.78 Å². The number of ketones is 1. The fourth-order valence-corrected chi connectivity index (χ4v) is 3.22. The third-order valence-electron chi connectivity index (χ3n) is 5.25. The van der Waals surface area contributed by atoms with Crippen molar-refractivity contribution in [1.29, 1.82) is 0 Å². The molecule has 26 heavy (non-hydrogen) atoms. The molecule has 1 amide bonds. The van der Waals surface area contributed by atoms with E-state index in [1.54, 1.807) is 6.26 Å². The van der Waals surface area contributed by atoms with Gasteiger partial charge in [0, 0.05) is 23.0 Å². The fraction of sp³-hybridized carbons (Fsp3) is 0.500. The third kappa shape index (κ3) is 4.07. The van der Waals surface area contributed by atoms with Gasteiger partial charge in [0.15, 0.2) is 6.54 Å². The number of hydrogen-bond acceptors (Lipinski definition) is 3. The second kappa shape index (κ2) is 7.50. The molecular weight excluding hydrogens is 330 g/mol. The zero-order chi connectivity index (χ0) is 18.8. The molecule has 0 aliphatic heterocycles. The van der Waals surface area contributed by atoms with Gasteiger partial charge in [0.05, 0.1) is 19.9 Å². The van der Waals surface area contributed by atoms with Gasteiger partial charge in [-0.1, -0.05) is 0 Å². The van der Waals surface area contributed by atoms with Crippen molar-refractivity contribution < 1.29 is 18.9 Å². The minimum Gasteiger partial charge on any atom is -0.467 e. The van der Waals surface area contributed by atoms with Crippen LogP contribution in [-0.4, -0.2) is 41.9 Å². The predicted molar refractivity (Wildman–Crippen MR) is 98.4 cm³/mol. The van der Waals surface area contributed by atoms with Gasteiger partial charge in [-0.15, -0.1) is 0 Å². The van der Waals surface area contributed by atoms with Crippen LogP contribution in [0.25, 0.3) is 0 Å². The van der Waals surface area contributed by atoms with Crippen LogP contribution < -0.4 is 10.2 Å². The number of quaternary nitrogens is 1. The topological polar surface area (TPSA) is 68.7 Å². The minimum atomic E-state index is -0.280. The van der Waals surface area contributed by atoms with Crippen LogP contribution >= 0.6 is 0 Å². The van der Waals surface area contributed by atoms with Gasteiger partial charge in [-0.05, 0) is 51.8 Å². The van der Waals surface area contributed by atoms with Crippen LogP contribution in [0.3, 0.4) is 0 Å². The Morgan fingerprint density at radius 3 is 2.73 bits per heavy atom. The highest BCUT2D eigenvalue weighted by Crippen LogP contribution is 2.19. The Morgan fingerprint density at radius 1 is 1.38 bits per heavy atom. The second-order valence-electron chi connectivity index (χ2n) is 7.40. The first-order chi connectivity index (χ1) is 12.4. The highest BCUT2D eigenvalue weighted by atomic mass is 16.3. The molecule has 1 aliphatic rings. The molecule has 140 valence electrons. The maximum atomic E-state index is 13.0. The molecule has 1 saturated carbocycles. The number of aryl methyl sites for hydroxylation is 1. The maximum Gasteiger partial charge on any atom is 0.275 e. The zero-order valence-electron chi connectivity index (χ0n) is 16.0. The summed E-state index contributed by atoms with van der Waals surface area (Å²) < 4.78 is 7.52. The van der Waals surface area contributed by atoms with E-state index in [2.05, 4.69) is 9.88 Å². The van der Waals surface area contributed by atoms with Crippen molar-refractivity contribution in [2.45, 2.75) is 52.2 Å². The van der Waals surface area contributed by atoms with E-state index in [4.69, 9.17) is 4.42 Å². The average Bonchev–Trinajstić information content (AvgIpc) is 3.16. The number of amides is 1. The Labute approximate surface area is 154 Å². The standard InChI is InChI=1S/C20H27N3O3/c1-13-10-18(14(2)23(13)11-17-6-5-9-26-17)20(25)15(3)22(4)12-19(24)21-16-7-8-16/h5-6,9-10,15-16H,7-8,11-12H2,1-4H3,(H,21,24)/p+1/t15-/m1/s1. The highest BCUT2D eigenvalue weighted by Gasteiger charge is 2.30. The lowest BCUT2D eigenvalue weighted by atomic mass is 10.0. The highest BCUT2D eigenvalue weighted by molar-refractivity contribution is 6.00. The third-order valence-corrected chi connectivity index (χ3v) is 5.25. The predicted octanol–water partition coefficient (Wildman–Crippen LogP) is 1.11. The molecule has 0 bridgehead atoms. The molecule has 0 saturated heterocycles.